The molecular formula is C12H11BrN2O2S. The van der Waals surface area contributed by atoms with Crippen molar-refractivity contribution in [3.05, 3.63) is 54.7 Å². The number of hydrogen-bond donors (Lipinski definition) is 1. The highest BCUT2D eigenvalue weighted by Gasteiger charge is 2.13. The zero-order valence-corrected chi connectivity index (χ0v) is 12.0. The van der Waals surface area contributed by atoms with Crippen LogP contribution in [0.5, 0.6) is 0 Å². The van der Waals surface area contributed by atoms with Crippen LogP contribution in [-0.4, -0.2) is 4.92 Å². The molecule has 0 bridgehead atoms. The fourth-order valence-electron chi connectivity index (χ4n) is 1.57. The maximum absolute atomic E-state index is 11.0. The highest BCUT2D eigenvalue weighted by molar-refractivity contribution is 9.11. The van der Waals surface area contributed by atoms with Gasteiger partial charge in [-0.1, -0.05) is 6.07 Å². The Morgan fingerprint density at radius 3 is 2.78 bits per heavy atom. The van der Waals surface area contributed by atoms with Crippen molar-refractivity contribution in [2.75, 3.05) is 5.32 Å². The topological polar surface area (TPSA) is 55.2 Å². The fourth-order valence-corrected chi connectivity index (χ4v) is 2.99. The predicted molar refractivity (Wildman–Crippen MR) is 77.2 cm³/mol. The van der Waals surface area contributed by atoms with Crippen LogP contribution in [0.15, 0.2) is 34.1 Å². The quantitative estimate of drug-likeness (QED) is 0.671. The third-order valence-corrected chi connectivity index (χ3v) is 4.06. The van der Waals surface area contributed by atoms with Crippen molar-refractivity contribution in [1.29, 1.82) is 0 Å². The largest absolute Gasteiger partial charge is 0.375 e. The summed E-state index contributed by atoms with van der Waals surface area (Å²) in [4.78, 5) is 11.7. The van der Waals surface area contributed by atoms with Crippen molar-refractivity contribution in [2.45, 2.75) is 13.5 Å². The molecule has 1 heterocycles. The van der Waals surface area contributed by atoms with Crippen molar-refractivity contribution in [3.63, 3.8) is 0 Å². The van der Waals surface area contributed by atoms with E-state index in [1.54, 1.807) is 23.5 Å². The van der Waals surface area contributed by atoms with Gasteiger partial charge in [0.1, 0.15) is 5.69 Å². The highest BCUT2D eigenvalue weighted by atomic mass is 79.9. The first-order chi connectivity index (χ1) is 8.56. The van der Waals surface area contributed by atoms with Crippen LogP contribution in [0.3, 0.4) is 0 Å². The van der Waals surface area contributed by atoms with Crippen molar-refractivity contribution < 1.29 is 4.92 Å². The van der Waals surface area contributed by atoms with E-state index < -0.39 is 0 Å². The standard InChI is InChI=1S/C12H11BrN2O2S/c1-8-2-4-10(11(6-8)15(16)17)14-7-9-3-5-12(13)18-9/h2-6,14H,7H2,1H3. The van der Waals surface area contributed by atoms with Gasteiger partial charge in [-0.15, -0.1) is 11.3 Å². The van der Waals surface area contributed by atoms with Gasteiger partial charge in [0.25, 0.3) is 5.69 Å². The van der Waals surface area contributed by atoms with E-state index in [-0.39, 0.29) is 10.6 Å². The van der Waals surface area contributed by atoms with E-state index in [9.17, 15) is 10.1 Å². The average molecular weight is 327 g/mol. The van der Waals surface area contributed by atoms with Gasteiger partial charge in [-0.05, 0) is 46.6 Å². The molecule has 0 spiro atoms. The number of nitrogens with zero attached hydrogens (tertiary/aromatic N) is 1. The molecule has 0 aliphatic carbocycles. The monoisotopic (exact) mass is 326 g/mol. The van der Waals surface area contributed by atoms with Gasteiger partial charge in [-0.2, -0.15) is 0 Å². The van der Waals surface area contributed by atoms with Crippen LogP contribution in [0.4, 0.5) is 11.4 Å². The number of halogens is 1. The molecule has 1 aromatic carbocycles. The second kappa shape index (κ2) is 5.49. The molecule has 4 nitrogen and oxygen atoms in total. The lowest BCUT2D eigenvalue weighted by atomic mass is 10.2. The summed E-state index contributed by atoms with van der Waals surface area (Å²) in [5, 5.41) is 14.0. The lowest BCUT2D eigenvalue weighted by Crippen LogP contribution is -2.01. The third kappa shape index (κ3) is 3.08. The second-order valence-corrected chi connectivity index (χ2v) is 6.38. The highest BCUT2D eigenvalue weighted by Crippen LogP contribution is 2.27. The number of thiophene rings is 1. The molecule has 0 saturated carbocycles. The maximum atomic E-state index is 11.0. The van der Waals surface area contributed by atoms with Gasteiger partial charge >= 0.3 is 0 Å². The minimum atomic E-state index is -0.361. The van der Waals surface area contributed by atoms with E-state index in [1.165, 1.54) is 0 Å². The first-order valence-electron chi connectivity index (χ1n) is 5.29. The van der Waals surface area contributed by atoms with Crippen molar-refractivity contribution in [1.82, 2.24) is 0 Å². The van der Waals surface area contributed by atoms with Crippen molar-refractivity contribution >= 4 is 38.6 Å². The van der Waals surface area contributed by atoms with E-state index in [4.69, 9.17) is 0 Å². The molecule has 18 heavy (non-hydrogen) atoms. The van der Waals surface area contributed by atoms with Gasteiger partial charge < -0.3 is 5.32 Å². The first kappa shape index (κ1) is 13.0. The zero-order chi connectivity index (χ0) is 13.1. The predicted octanol–water partition coefficient (Wildman–Crippen LogP) is 4.34. The van der Waals surface area contributed by atoms with Gasteiger partial charge in [-0.3, -0.25) is 10.1 Å². The van der Waals surface area contributed by atoms with Crippen LogP contribution in [-0.2, 0) is 6.54 Å². The summed E-state index contributed by atoms with van der Waals surface area (Å²) in [6, 6.07) is 9.13. The Hall–Kier alpha value is -1.40. The second-order valence-electron chi connectivity index (χ2n) is 3.84. The summed E-state index contributed by atoms with van der Waals surface area (Å²) in [5.41, 5.74) is 1.55. The van der Waals surface area contributed by atoms with Crippen molar-refractivity contribution in [3.8, 4) is 0 Å². The minimum Gasteiger partial charge on any atom is -0.375 e. The molecule has 0 aliphatic rings. The van der Waals surface area contributed by atoms with E-state index in [0.29, 0.717) is 12.2 Å². The summed E-state index contributed by atoms with van der Waals surface area (Å²) >= 11 is 5.00. The van der Waals surface area contributed by atoms with Crippen LogP contribution in [0, 0.1) is 17.0 Å². The van der Waals surface area contributed by atoms with Gasteiger partial charge in [-0.25, -0.2) is 0 Å². The maximum Gasteiger partial charge on any atom is 0.292 e. The summed E-state index contributed by atoms with van der Waals surface area (Å²) < 4.78 is 1.05. The molecule has 0 atom stereocenters. The van der Waals surface area contributed by atoms with Crippen LogP contribution in [0.1, 0.15) is 10.4 Å². The van der Waals surface area contributed by atoms with Crippen LogP contribution in [0.25, 0.3) is 0 Å². The Kier molecular flexibility index (Phi) is 3.98. The Morgan fingerprint density at radius 1 is 1.39 bits per heavy atom. The fraction of sp³-hybridized carbons (Fsp3) is 0.167. The lowest BCUT2D eigenvalue weighted by molar-refractivity contribution is -0.384. The number of anilines is 1. The van der Waals surface area contributed by atoms with Gasteiger partial charge in [0.15, 0.2) is 0 Å². The molecule has 6 heteroatoms. The summed E-state index contributed by atoms with van der Waals surface area (Å²) in [6.45, 7) is 2.42. The Morgan fingerprint density at radius 2 is 2.17 bits per heavy atom. The smallest absolute Gasteiger partial charge is 0.292 e. The molecule has 94 valence electrons. The molecule has 1 N–H and O–H groups in total. The van der Waals surface area contributed by atoms with Crippen LogP contribution < -0.4 is 5.32 Å². The summed E-state index contributed by atoms with van der Waals surface area (Å²) in [6.07, 6.45) is 0. The zero-order valence-electron chi connectivity index (χ0n) is 9.64. The molecule has 0 unspecified atom stereocenters. The molecule has 2 aromatic rings. The molecule has 0 amide bonds. The van der Waals surface area contributed by atoms with Crippen LogP contribution >= 0.6 is 27.3 Å². The van der Waals surface area contributed by atoms with Crippen molar-refractivity contribution in [2.24, 2.45) is 0 Å². The lowest BCUT2D eigenvalue weighted by Gasteiger charge is -2.06. The van der Waals surface area contributed by atoms with E-state index >= 15 is 0 Å². The normalized spacial score (nSPS) is 10.3. The number of nitro benzene ring substituents is 1. The number of aryl methyl sites for hydroxylation is 1. The average Bonchev–Trinajstić information content (AvgIpc) is 2.73. The third-order valence-electron chi connectivity index (χ3n) is 2.43. The van der Waals surface area contributed by atoms with Gasteiger partial charge in [0, 0.05) is 17.5 Å². The van der Waals surface area contributed by atoms with E-state index in [1.807, 2.05) is 25.1 Å². The number of nitro groups is 1. The summed E-state index contributed by atoms with van der Waals surface area (Å²) in [5.74, 6) is 0. The number of rotatable bonds is 4. The van der Waals surface area contributed by atoms with E-state index in [2.05, 4.69) is 21.2 Å². The Labute approximate surface area is 117 Å². The summed E-state index contributed by atoms with van der Waals surface area (Å²) in [7, 11) is 0. The molecule has 0 saturated heterocycles. The number of hydrogen-bond acceptors (Lipinski definition) is 4. The molecular weight excluding hydrogens is 316 g/mol. The molecule has 1 aromatic heterocycles. The van der Waals surface area contributed by atoms with Gasteiger partial charge in [0.2, 0.25) is 0 Å². The SMILES string of the molecule is Cc1ccc(NCc2ccc(Br)s2)c([N+](=O)[O-])c1. The number of nitrogens with one attached hydrogen (secondary N) is 1. The molecule has 0 aliphatic heterocycles. The molecule has 0 radical (unpaired) electrons. The Bertz CT molecular complexity index is 583. The van der Waals surface area contributed by atoms with Crippen LogP contribution in [0.2, 0.25) is 0 Å². The number of benzene rings is 1. The first-order valence-corrected chi connectivity index (χ1v) is 6.90. The van der Waals surface area contributed by atoms with Gasteiger partial charge in [0.05, 0.1) is 8.71 Å². The molecule has 2 rings (SSSR count). The Balaban J connectivity index is 2.16. The minimum absolute atomic E-state index is 0.116. The molecule has 0 fully saturated rings. The van der Waals surface area contributed by atoms with E-state index in [0.717, 1.165) is 14.2 Å².